The van der Waals surface area contributed by atoms with Gasteiger partial charge in [-0.2, -0.15) is 0 Å². The van der Waals surface area contributed by atoms with Gasteiger partial charge in [-0.05, 0) is 31.3 Å². The minimum Gasteiger partial charge on any atom is -0.492 e. The van der Waals surface area contributed by atoms with Crippen LogP contribution in [0, 0.1) is 0 Å². The zero-order valence-electron chi connectivity index (χ0n) is 10.7. The number of hydrazine groups is 1. The average Bonchev–Trinajstić information content (AvgIpc) is 2.73. The number of nitrogens with one attached hydrogen (secondary N) is 2. The number of amides is 1. The van der Waals surface area contributed by atoms with Gasteiger partial charge >= 0.3 is 0 Å². The molecule has 1 amide bonds. The number of thiocarbonyl (C=S) groups is 2. The molecule has 1 aromatic rings. The van der Waals surface area contributed by atoms with Gasteiger partial charge in [0.25, 0.3) is 5.91 Å². The summed E-state index contributed by atoms with van der Waals surface area (Å²) in [4.78, 5) is 11.6. The van der Waals surface area contributed by atoms with Crippen LogP contribution in [0.2, 0.25) is 0 Å². The van der Waals surface area contributed by atoms with Crippen LogP contribution in [0.3, 0.4) is 0 Å². The first-order valence-corrected chi connectivity index (χ1v) is 7.71. The number of anilines is 1. The highest BCUT2D eigenvalue weighted by Crippen LogP contribution is 2.24. The molecule has 0 aliphatic carbocycles. The van der Waals surface area contributed by atoms with Crippen molar-refractivity contribution in [3.63, 3.8) is 0 Å². The normalized spacial score (nSPS) is 14.3. The standard InChI is InChI=1S/C12H13N3O2S3/c1-2-17-9-6-4-3-5-8(9)13-11(18)14-15-10(16)7-20-12(15)19/h3-6H,2,7H2,1H3,(H2,13,14,18). The summed E-state index contributed by atoms with van der Waals surface area (Å²) < 4.78 is 5.96. The number of ether oxygens (including phenoxy) is 1. The lowest BCUT2D eigenvalue weighted by atomic mass is 10.3. The Bertz CT molecular complexity index is 535. The molecule has 20 heavy (non-hydrogen) atoms. The van der Waals surface area contributed by atoms with E-state index in [2.05, 4.69) is 10.7 Å². The van der Waals surface area contributed by atoms with Crippen LogP contribution in [0.1, 0.15) is 6.92 Å². The number of benzene rings is 1. The van der Waals surface area contributed by atoms with Crippen molar-refractivity contribution in [2.45, 2.75) is 6.92 Å². The summed E-state index contributed by atoms with van der Waals surface area (Å²) in [5, 5.41) is 4.56. The summed E-state index contributed by atoms with van der Waals surface area (Å²) in [6.45, 7) is 2.47. The molecule has 0 bridgehead atoms. The minimum absolute atomic E-state index is 0.109. The second-order valence-corrected chi connectivity index (χ2v) is 5.80. The van der Waals surface area contributed by atoms with E-state index in [1.54, 1.807) is 0 Å². The van der Waals surface area contributed by atoms with Gasteiger partial charge in [-0.1, -0.05) is 36.1 Å². The van der Waals surface area contributed by atoms with Crippen LogP contribution in [0.15, 0.2) is 24.3 Å². The Morgan fingerprint density at radius 2 is 2.25 bits per heavy atom. The van der Waals surface area contributed by atoms with Gasteiger partial charge in [-0.25, -0.2) is 5.01 Å². The van der Waals surface area contributed by atoms with Crippen LogP contribution in [-0.2, 0) is 4.79 Å². The molecule has 5 nitrogen and oxygen atoms in total. The number of para-hydroxylation sites is 2. The highest BCUT2D eigenvalue weighted by Gasteiger charge is 2.27. The van der Waals surface area contributed by atoms with Gasteiger partial charge in [-0.15, -0.1) is 0 Å². The van der Waals surface area contributed by atoms with Gasteiger partial charge in [0.1, 0.15) is 5.75 Å². The minimum atomic E-state index is -0.109. The number of thioether (sulfide) groups is 1. The fourth-order valence-electron chi connectivity index (χ4n) is 1.57. The predicted molar refractivity (Wildman–Crippen MR) is 88.9 cm³/mol. The third-order valence-electron chi connectivity index (χ3n) is 2.40. The predicted octanol–water partition coefficient (Wildman–Crippen LogP) is 2.15. The first kappa shape index (κ1) is 15.0. The van der Waals surface area contributed by atoms with Gasteiger partial charge in [-0.3, -0.25) is 10.2 Å². The summed E-state index contributed by atoms with van der Waals surface area (Å²) in [6.07, 6.45) is 0. The number of nitrogens with zero attached hydrogens (tertiary/aromatic N) is 1. The lowest BCUT2D eigenvalue weighted by Gasteiger charge is -2.19. The fraction of sp³-hybridized carbons (Fsp3) is 0.250. The smallest absolute Gasteiger partial charge is 0.257 e. The molecule has 1 heterocycles. The maximum absolute atomic E-state index is 11.6. The van der Waals surface area contributed by atoms with Crippen molar-refractivity contribution in [1.82, 2.24) is 10.4 Å². The lowest BCUT2D eigenvalue weighted by molar-refractivity contribution is -0.125. The van der Waals surface area contributed by atoms with Crippen molar-refractivity contribution >= 4 is 57.2 Å². The molecule has 8 heteroatoms. The first-order valence-electron chi connectivity index (χ1n) is 5.91. The van der Waals surface area contributed by atoms with E-state index < -0.39 is 0 Å². The van der Waals surface area contributed by atoms with Crippen LogP contribution in [-0.4, -0.2) is 32.7 Å². The molecule has 1 saturated heterocycles. The van der Waals surface area contributed by atoms with E-state index in [1.165, 1.54) is 16.8 Å². The molecule has 0 spiro atoms. The monoisotopic (exact) mass is 327 g/mol. The van der Waals surface area contributed by atoms with Gasteiger partial charge in [0, 0.05) is 0 Å². The quantitative estimate of drug-likeness (QED) is 0.822. The van der Waals surface area contributed by atoms with Crippen molar-refractivity contribution in [3.8, 4) is 5.75 Å². The Hall–Kier alpha value is -1.38. The molecule has 0 atom stereocenters. The molecular weight excluding hydrogens is 314 g/mol. The van der Waals surface area contributed by atoms with Gasteiger partial charge < -0.3 is 10.1 Å². The van der Waals surface area contributed by atoms with Crippen LogP contribution in [0.5, 0.6) is 5.75 Å². The summed E-state index contributed by atoms with van der Waals surface area (Å²) in [7, 11) is 0. The zero-order valence-corrected chi connectivity index (χ0v) is 13.2. The van der Waals surface area contributed by atoms with E-state index >= 15 is 0 Å². The number of hydrogen-bond acceptors (Lipinski definition) is 5. The van der Waals surface area contributed by atoms with Crippen molar-refractivity contribution < 1.29 is 9.53 Å². The molecule has 1 aromatic carbocycles. The van der Waals surface area contributed by atoms with Crippen molar-refractivity contribution in [2.75, 3.05) is 17.7 Å². The van der Waals surface area contributed by atoms with Gasteiger partial charge in [0.05, 0.1) is 18.0 Å². The SMILES string of the molecule is CCOc1ccccc1NC(=S)NN1C(=O)CSC1=S. The molecule has 2 N–H and O–H groups in total. The molecular formula is C12H13N3O2S3. The number of carbonyl (C=O) groups is 1. The van der Waals surface area contributed by atoms with Crippen LogP contribution in [0.4, 0.5) is 5.69 Å². The largest absolute Gasteiger partial charge is 0.492 e. The highest BCUT2D eigenvalue weighted by molar-refractivity contribution is 8.23. The van der Waals surface area contributed by atoms with Gasteiger partial charge in [0.15, 0.2) is 9.43 Å². The Labute approximate surface area is 132 Å². The van der Waals surface area contributed by atoms with E-state index in [4.69, 9.17) is 29.2 Å². The summed E-state index contributed by atoms with van der Waals surface area (Å²) in [6, 6.07) is 7.44. The molecule has 0 aromatic heterocycles. The lowest BCUT2D eigenvalue weighted by Crippen LogP contribution is -2.46. The van der Waals surface area contributed by atoms with E-state index in [0.29, 0.717) is 22.4 Å². The van der Waals surface area contributed by atoms with Crippen LogP contribution in [0.25, 0.3) is 0 Å². The van der Waals surface area contributed by atoms with Crippen molar-refractivity contribution in [3.05, 3.63) is 24.3 Å². The summed E-state index contributed by atoms with van der Waals surface area (Å²) >= 11 is 11.5. The Morgan fingerprint density at radius 1 is 1.50 bits per heavy atom. The summed E-state index contributed by atoms with van der Waals surface area (Å²) in [5.41, 5.74) is 3.52. The Morgan fingerprint density at radius 3 is 2.90 bits per heavy atom. The van der Waals surface area contributed by atoms with E-state index in [9.17, 15) is 4.79 Å². The maximum Gasteiger partial charge on any atom is 0.257 e. The molecule has 0 radical (unpaired) electrons. The number of carbonyl (C=O) groups excluding carboxylic acids is 1. The Kier molecular flexibility index (Phi) is 5.16. The molecule has 0 saturated carbocycles. The molecule has 1 aliphatic rings. The zero-order chi connectivity index (χ0) is 14.5. The summed E-state index contributed by atoms with van der Waals surface area (Å²) in [5.74, 6) is 0.926. The maximum atomic E-state index is 11.6. The van der Waals surface area contributed by atoms with E-state index in [0.717, 1.165) is 5.69 Å². The van der Waals surface area contributed by atoms with Crippen LogP contribution >= 0.6 is 36.2 Å². The topological polar surface area (TPSA) is 53.6 Å². The first-order chi connectivity index (χ1) is 9.61. The Balaban J connectivity index is 2.01. The third kappa shape index (κ3) is 3.59. The van der Waals surface area contributed by atoms with Crippen molar-refractivity contribution in [1.29, 1.82) is 0 Å². The molecule has 1 aliphatic heterocycles. The van der Waals surface area contributed by atoms with Crippen molar-refractivity contribution in [2.24, 2.45) is 0 Å². The molecule has 0 unspecified atom stereocenters. The fourth-order valence-corrected chi connectivity index (χ4v) is 2.74. The van der Waals surface area contributed by atoms with Crippen LogP contribution < -0.4 is 15.5 Å². The molecule has 106 valence electrons. The van der Waals surface area contributed by atoms with Gasteiger partial charge in [0.2, 0.25) is 0 Å². The second-order valence-electron chi connectivity index (χ2n) is 3.78. The highest BCUT2D eigenvalue weighted by atomic mass is 32.2. The molecule has 2 rings (SSSR count). The number of hydrogen-bond donors (Lipinski definition) is 2. The number of rotatable bonds is 4. The second kappa shape index (κ2) is 6.87. The third-order valence-corrected chi connectivity index (χ3v) is 3.95. The average molecular weight is 327 g/mol. The molecule has 1 fully saturated rings. The van der Waals surface area contributed by atoms with E-state index in [-0.39, 0.29) is 11.0 Å². The van der Waals surface area contributed by atoms with E-state index in [1.807, 2.05) is 31.2 Å².